The second kappa shape index (κ2) is 7.63. The first kappa shape index (κ1) is 16.0. The fourth-order valence-corrected chi connectivity index (χ4v) is 13.0. The quantitative estimate of drug-likeness (QED) is 0.381. The van der Waals surface area contributed by atoms with E-state index in [1.165, 1.54) is 89.9 Å². The minimum absolute atomic E-state index is 1.03. The summed E-state index contributed by atoms with van der Waals surface area (Å²) in [6, 6.07) is 0. The second-order valence-electron chi connectivity index (χ2n) is 8.00. The van der Waals surface area contributed by atoms with E-state index in [9.17, 15) is 0 Å². The minimum Gasteiger partial charge on any atom is -0.416 e. The molecule has 21 heavy (non-hydrogen) atoms. The van der Waals surface area contributed by atoms with E-state index in [0.717, 1.165) is 23.2 Å². The molecule has 3 rings (SSSR count). The van der Waals surface area contributed by atoms with Gasteiger partial charge in [-0.05, 0) is 23.0 Å². The number of unbranched alkanes of at least 4 members (excludes halogenated alkanes) is 1. The van der Waals surface area contributed by atoms with Crippen molar-refractivity contribution in [3.05, 3.63) is 0 Å². The van der Waals surface area contributed by atoms with Crippen molar-refractivity contribution in [1.29, 1.82) is 0 Å². The van der Waals surface area contributed by atoms with E-state index in [1.807, 2.05) is 0 Å². The van der Waals surface area contributed by atoms with Crippen molar-refractivity contribution in [2.24, 2.45) is 0 Å². The predicted octanol–water partition coefficient (Wildman–Crippen LogP) is 6.58. The van der Waals surface area contributed by atoms with E-state index >= 15 is 0 Å². The highest BCUT2D eigenvalue weighted by Crippen LogP contribution is 2.58. The first-order chi connectivity index (χ1) is 10.4. The number of hydrogen-bond acceptors (Lipinski definition) is 1. The highest BCUT2D eigenvalue weighted by molar-refractivity contribution is 6.78. The average molecular weight is 309 g/mol. The Morgan fingerprint density at radius 3 is 1.43 bits per heavy atom. The molecule has 0 unspecified atom stereocenters. The van der Waals surface area contributed by atoms with Crippen LogP contribution in [0.3, 0.4) is 0 Å². The van der Waals surface area contributed by atoms with Gasteiger partial charge in [-0.3, -0.25) is 0 Å². The van der Waals surface area contributed by atoms with Crippen molar-refractivity contribution in [2.45, 2.75) is 113 Å². The Morgan fingerprint density at radius 1 is 0.714 bits per heavy atom. The van der Waals surface area contributed by atoms with Crippen molar-refractivity contribution in [3.8, 4) is 0 Å². The van der Waals surface area contributed by atoms with E-state index in [-0.39, 0.29) is 0 Å². The molecule has 0 aliphatic heterocycles. The smallest absolute Gasteiger partial charge is 0.201 e. The summed E-state index contributed by atoms with van der Waals surface area (Å²) in [5.41, 5.74) is 3.08. The number of hydrogen-bond donors (Lipinski definition) is 0. The summed E-state index contributed by atoms with van der Waals surface area (Å²) in [4.78, 5) is 0. The van der Waals surface area contributed by atoms with Gasteiger partial charge in [-0.25, -0.2) is 0 Å². The standard InChI is InChI=1S/C19H36OSi/c1-2-3-16-20-21(17-10-4-5-11-17,18-12-6-7-13-18)19-14-8-9-15-19/h17-19H,2-16H2,1H3. The molecule has 2 heteroatoms. The maximum Gasteiger partial charge on any atom is 0.201 e. The molecule has 3 aliphatic carbocycles. The van der Waals surface area contributed by atoms with Crippen LogP contribution in [0.1, 0.15) is 96.8 Å². The van der Waals surface area contributed by atoms with Gasteiger partial charge in [0.2, 0.25) is 8.32 Å². The molecule has 0 radical (unpaired) electrons. The van der Waals surface area contributed by atoms with Gasteiger partial charge in [0.05, 0.1) is 0 Å². The third kappa shape index (κ3) is 3.27. The van der Waals surface area contributed by atoms with Gasteiger partial charge in [-0.15, -0.1) is 0 Å². The lowest BCUT2D eigenvalue weighted by Gasteiger charge is -2.46. The van der Waals surface area contributed by atoms with Crippen LogP contribution in [-0.4, -0.2) is 14.9 Å². The first-order valence-electron chi connectivity index (χ1n) is 10.0. The zero-order chi connectivity index (χ0) is 14.5. The Hall–Kier alpha value is 0.177. The predicted molar refractivity (Wildman–Crippen MR) is 93.3 cm³/mol. The number of rotatable bonds is 7. The lowest BCUT2D eigenvalue weighted by atomic mass is 10.3. The van der Waals surface area contributed by atoms with E-state index in [2.05, 4.69) is 6.92 Å². The van der Waals surface area contributed by atoms with Crippen LogP contribution in [0, 0.1) is 0 Å². The van der Waals surface area contributed by atoms with Gasteiger partial charge in [0.1, 0.15) is 0 Å². The molecule has 122 valence electrons. The van der Waals surface area contributed by atoms with Gasteiger partial charge in [-0.1, -0.05) is 90.4 Å². The largest absolute Gasteiger partial charge is 0.416 e. The lowest BCUT2D eigenvalue weighted by Crippen LogP contribution is -2.50. The molecule has 0 aromatic rings. The Balaban J connectivity index is 1.83. The molecule has 3 fully saturated rings. The van der Waals surface area contributed by atoms with Gasteiger partial charge in [0.25, 0.3) is 0 Å². The molecule has 3 aliphatic rings. The zero-order valence-electron chi connectivity index (χ0n) is 14.2. The summed E-state index contributed by atoms with van der Waals surface area (Å²) in [5, 5.41) is 0. The van der Waals surface area contributed by atoms with Crippen molar-refractivity contribution in [2.75, 3.05) is 6.61 Å². The molecule has 0 N–H and O–H groups in total. The Kier molecular flexibility index (Phi) is 5.83. The maximum absolute atomic E-state index is 7.06. The molecule has 0 aromatic heterocycles. The molecular formula is C19H36OSi. The maximum atomic E-state index is 7.06. The van der Waals surface area contributed by atoms with E-state index in [0.29, 0.717) is 0 Å². The third-order valence-electron chi connectivity index (χ3n) is 6.83. The van der Waals surface area contributed by atoms with Gasteiger partial charge in [0, 0.05) is 6.61 Å². The molecule has 0 atom stereocenters. The van der Waals surface area contributed by atoms with Crippen LogP contribution < -0.4 is 0 Å². The molecule has 0 bridgehead atoms. The van der Waals surface area contributed by atoms with Crippen LogP contribution in [0.25, 0.3) is 0 Å². The van der Waals surface area contributed by atoms with E-state index < -0.39 is 8.32 Å². The van der Waals surface area contributed by atoms with Gasteiger partial charge >= 0.3 is 0 Å². The van der Waals surface area contributed by atoms with Crippen molar-refractivity contribution >= 4 is 8.32 Å². The summed E-state index contributed by atoms with van der Waals surface area (Å²) in [6.45, 7) is 3.40. The molecule has 1 nitrogen and oxygen atoms in total. The third-order valence-corrected chi connectivity index (χ3v) is 13.1. The summed E-state index contributed by atoms with van der Waals surface area (Å²) in [6.07, 6.45) is 20.7. The highest BCUT2D eigenvalue weighted by Gasteiger charge is 2.55. The van der Waals surface area contributed by atoms with Crippen LogP contribution in [0.2, 0.25) is 16.6 Å². The normalized spacial score (nSPS) is 26.1. The lowest BCUT2D eigenvalue weighted by molar-refractivity contribution is 0.261. The Morgan fingerprint density at radius 2 is 1.10 bits per heavy atom. The highest BCUT2D eigenvalue weighted by atomic mass is 28.4. The fourth-order valence-electron chi connectivity index (χ4n) is 5.88. The minimum atomic E-state index is -1.53. The van der Waals surface area contributed by atoms with Crippen LogP contribution in [0.4, 0.5) is 0 Å². The van der Waals surface area contributed by atoms with Gasteiger partial charge in [-0.2, -0.15) is 0 Å². The summed E-state index contributed by atoms with van der Waals surface area (Å²) >= 11 is 0. The van der Waals surface area contributed by atoms with Crippen LogP contribution in [0.15, 0.2) is 0 Å². The van der Waals surface area contributed by atoms with Gasteiger partial charge in [0.15, 0.2) is 0 Å². The SMILES string of the molecule is CCCCO[Si](C1CCCC1)(C1CCCC1)C1CCCC1. The second-order valence-corrected chi connectivity index (χ2v) is 12.4. The summed E-state index contributed by atoms with van der Waals surface area (Å²) in [7, 11) is -1.53. The average Bonchev–Trinajstić information content (AvgIpc) is 3.28. The fraction of sp³-hybridized carbons (Fsp3) is 1.00. The molecule has 0 spiro atoms. The molecule has 3 saturated carbocycles. The van der Waals surface area contributed by atoms with Crippen LogP contribution in [0.5, 0.6) is 0 Å². The zero-order valence-corrected chi connectivity index (χ0v) is 15.2. The van der Waals surface area contributed by atoms with E-state index in [4.69, 9.17) is 4.43 Å². The summed E-state index contributed by atoms with van der Waals surface area (Å²) in [5.74, 6) is 0. The van der Waals surface area contributed by atoms with E-state index in [1.54, 1.807) is 0 Å². The topological polar surface area (TPSA) is 9.23 Å². The van der Waals surface area contributed by atoms with Crippen LogP contribution in [-0.2, 0) is 4.43 Å². The van der Waals surface area contributed by atoms with Crippen molar-refractivity contribution < 1.29 is 4.43 Å². The Labute approximate surface area is 133 Å². The van der Waals surface area contributed by atoms with Crippen LogP contribution >= 0.6 is 0 Å². The Bertz CT molecular complexity index is 258. The van der Waals surface area contributed by atoms with Gasteiger partial charge < -0.3 is 4.43 Å². The van der Waals surface area contributed by atoms with Crippen molar-refractivity contribution in [1.82, 2.24) is 0 Å². The molecule has 0 heterocycles. The molecule has 0 amide bonds. The molecule has 0 aromatic carbocycles. The molecular weight excluding hydrogens is 272 g/mol. The first-order valence-corrected chi connectivity index (χ1v) is 12.2. The monoisotopic (exact) mass is 308 g/mol. The molecule has 0 saturated heterocycles. The summed E-state index contributed by atoms with van der Waals surface area (Å²) < 4.78 is 7.06. The van der Waals surface area contributed by atoms with Crippen molar-refractivity contribution in [3.63, 3.8) is 0 Å².